The molecule has 1 aromatic heterocycles. The van der Waals surface area contributed by atoms with Crippen LogP contribution in [-0.2, 0) is 0 Å². The smallest absolute Gasteiger partial charge is 0.274 e. The number of nitrogens with one attached hydrogen (secondary N) is 1. The van der Waals surface area contributed by atoms with Crippen molar-refractivity contribution >= 4 is 23.2 Å². The summed E-state index contributed by atoms with van der Waals surface area (Å²) >= 11 is 0. The van der Waals surface area contributed by atoms with Crippen LogP contribution in [0.5, 0.6) is 0 Å². The van der Waals surface area contributed by atoms with Gasteiger partial charge in [-0.2, -0.15) is 0 Å². The third-order valence-corrected chi connectivity index (χ3v) is 4.98. The number of nitrogens with zero attached hydrogens (tertiary/aromatic N) is 3. The molecule has 3 aromatic rings. The summed E-state index contributed by atoms with van der Waals surface area (Å²) in [5, 5.41) is 2.86. The number of benzene rings is 2. The second-order valence-electron chi connectivity index (χ2n) is 6.86. The van der Waals surface area contributed by atoms with Crippen LogP contribution in [0.15, 0.2) is 79.0 Å². The first kappa shape index (κ1) is 18.7. The van der Waals surface area contributed by atoms with Gasteiger partial charge in [-0.25, -0.2) is 0 Å². The van der Waals surface area contributed by atoms with Crippen molar-refractivity contribution in [3.8, 4) is 0 Å². The van der Waals surface area contributed by atoms with E-state index in [1.165, 1.54) is 0 Å². The highest BCUT2D eigenvalue weighted by molar-refractivity contribution is 6.02. The van der Waals surface area contributed by atoms with Crippen LogP contribution in [0.4, 0.5) is 11.4 Å². The molecule has 0 radical (unpaired) electrons. The maximum absolute atomic E-state index is 12.6. The van der Waals surface area contributed by atoms with Gasteiger partial charge in [0, 0.05) is 49.3 Å². The molecular weight excluding hydrogens is 364 g/mol. The topological polar surface area (TPSA) is 65.5 Å². The van der Waals surface area contributed by atoms with E-state index >= 15 is 0 Å². The zero-order valence-corrected chi connectivity index (χ0v) is 16.0. The second-order valence-corrected chi connectivity index (χ2v) is 6.86. The van der Waals surface area contributed by atoms with Crippen LogP contribution >= 0.6 is 0 Å². The van der Waals surface area contributed by atoms with E-state index in [1.54, 1.807) is 24.4 Å². The molecule has 6 nitrogen and oxygen atoms in total. The number of pyridine rings is 1. The molecule has 0 unspecified atom stereocenters. The Kier molecular flexibility index (Phi) is 5.52. The Balaban J connectivity index is 1.33. The van der Waals surface area contributed by atoms with Crippen molar-refractivity contribution in [2.45, 2.75) is 0 Å². The normalized spacial score (nSPS) is 13.8. The third-order valence-electron chi connectivity index (χ3n) is 4.98. The highest BCUT2D eigenvalue weighted by atomic mass is 16.2. The van der Waals surface area contributed by atoms with Crippen molar-refractivity contribution in [2.24, 2.45) is 0 Å². The molecule has 1 fully saturated rings. The lowest BCUT2D eigenvalue weighted by Gasteiger charge is -2.36. The molecule has 1 saturated heterocycles. The van der Waals surface area contributed by atoms with Crippen LogP contribution in [-0.4, -0.2) is 47.9 Å². The molecule has 0 saturated carbocycles. The molecule has 0 aliphatic carbocycles. The summed E-state index contributed by atoms with van der Waals surface area (Å²) in [4.78, 5) is 33.0. The zero-order valence-electron chi connectivity index (χ0n) is 16.0. The quantitative estimate of drug-likeness (QED) is 0.747. The number of piperazine rings is 1. The van der Waals surface area contributed by atoms with E-state index in [0.29, 0.717) is 18.8 Å². The molecule has 0 spiro atoms. The van der Waals surface area contributed by atoms with Crippen LogP contribution < -0.4 is 10.2 Å². The van der Waals surface area contributed by atoms with Gasteiger partial charge in [-0.3, -0.25) is 14.6 Å². The SMILES string of the molecule is O=C(Nc1ccc(N2CCN(C(=O)c3ccccc3)CC2)cc1)c1ccccn1. The van der Waals surface area contributed by atoms with Crippen LogP contribution in [0.2, 0.25) is 0 Å². The van der Waals surface area contributed by atoms with E-state index < -0.39 is 0 Å². The number of amides is 2. The Labute approximate surface area is 169 Å². The Morgan fingerprint density at radius 3 is 2.14 bits per heavy atom. The van der Waals surface area contributed by atoms with Gasteiger partial charge in [-0.15, -0.1) is 0 Å². The fourth-order valence-electron chi connectivity index (χ4n) is 3.38. The fraction of sp³-hybridized carbons (Fsp3) is 0.174. The first-order valence-corrected chi connectivity index (χ1v) is 9.62. The minimum Gasteiger partial charge on any atom is -0.368 e. The standard InChI is InChI=1S/C23H22N4O2/c28-22(21-8-4-5-13-24-21)25-19-9-11-20(12-10-19)26-14-16-27(17-15-26)23(29)18-6-2-1-3-7-18/h1-13H,14-17H2,(H,25,28). The van der Waals surface area contributed by atoms with Gasteiger partial charge in [0.25, 0.3) is 11.8 Å². The highest BCUT2D eigenvalue weighted by Gasteiger charge is 2.22. The number of hydrogen-bond donors (Lipinski definition) is 1. The minimum atomic E-state index is -0.230. The number of carbonyl (C=O) groups excluding carboxylic acids is 2. The average molecular weight is 386 g/mol. The molecule has 0 bridgehead atoms. The molecule has 4 rings (SSSR count). The maximum Gasteiger partial charge on any atom is 0.274 e. The lowest BCUT2D eigenvalue weighted by molar-refractivity contribution is 0.0746. The summed E-state index contributed by atoms with van der Waals surface area (Å²) in [5.74, 6) is -0.149. The number of hydrogen-bond acceptors (Lipinski definition) is 4. The Morgan fingerprint density at radius 1 is 0.793 bits per heavy atom. The van der Waals surface area contributed by atoms with Crippen molar-refractivity contribution in [2.75, 3.05) is 36.4 Å². The number of rotatable bonds is 4. The van der Waals surface area contributed by atoms with Gasteiger partial charge in [-0.1, -0.05) is 24.3 Å². The molecule has 1 aliphatic rings. The van der Waals surface area contributed by atoms with Gasteiger partial charge >= 0.3 is 0 Å². The average Bonchev–Trinajstić information content (AvgIpc) is 2.80. The molecule has 0 atom stereocenters. The summed E-state index contributed by atoms with van der Waals surface area (Å²) < 4.78 is 0. The molecular formula is C23H22N4O2. The summed E-state index contributed by atoms with van der Waals surface area (Å²) in [6.45, 7) is 2.92. The van der Waals surface area contributed by atoms with Crippen molar-refractivity contribution in [1.29, 1.82) is 0 Å². The van der Waals surface area contributed by atoms with Gasteiger partial charge < -0.3 is 15.1 Å². The molecule has 146 valence electrons. The van der Waals surface area contributed by atoms with Gasteiger partial charge in [0.05, 0.1) is 0 Å². The van der Waals surface area contributed by atoms with Crippen molar-refractivity contribution in [3.63, 3.8) is 0 Å². The second kappa shape index (κ2) is 8.56. The van der Waals surface area contributed by atoms with Crippen LogP contribution in [0, 0.1) is 0 Å². The van der Waals surface area contributed by atoms with E-state index in [0.717, 1.165) is 30.0 Å². The number of aromatic nitrogens is 1. The first-order chi connectivity index (χ1) is 14.2. The zero-order chi connectivity index (χ0) is 20.1. The summed E-state index contributed by atoms with van der Waals surface area (Å²) in [5.41, 5.74) is 2.92. The van der Waals surface area contributed by atoms with Gasteiger partial charge in [-0.05, 0) is 48.5 Å². The summed E-state index contributed by atoms with van der Waals surface area (Å²) in [6.07, 6.45) is 1.60. The molecule has 2 heterocycles. The molecule has 2 aromatic carbocycles. The first-order valence-electron chi connectivity index (χ1n) is 9.62. The van der Waals surface area contributed by atoms with E-state index in [1.807, 2.05) is 59.5 Å². The predicted octanol–water partition coefficient (Wildman–Crippen LogP) is 3.30. The Morgan fingerprint density at radius 2 is 1.48 bits per heavy atom. The molecule has 6 heteroatoms. The largest absolute Gasteiger partial charge is 0.368 e. The molecule has 2 amide bonds. The lowest BCUT2D eigenvalue weighted by atomic mass is 10.1. The Bertz CT molecular complexity index is 967. The van der Waals surface area contributed by atoms with E-state index in [9.17, 15) is 9.59 Å². The van der Waals surface area contributed by atoms with Crippen LogP contribution in [0.3, 0.4) is 0 Å². The van der Waals surface area contributed by atoms with Crippen molar-refractivity contribution in [1.82, 2.24) is 9.88 Å². The van der Waals surface area contributed by atoms with Gasteiger partial charge in [0.15, 0.2) is 0 Å². The van der Waals surface area contributed by atoms with E-state index in [-0.39, 0.29) is 11.8 Å². The monoisotopic (exact) mass is 386 g/mol. The molecule has 29 heavy (non-hydrogen) atoms. The van der Waals surface area contributed by atoms with Crippen LogP contribution in [0.1, 0.15) is 20.8 Å². The fourth-order valence-corrected chi connectivity index (χ4v) is 3.38. The minimum absolute atomic E-state index is 0.0813. The number of anilines is 2. The highest BCUT2D eigenvalue weighted by Crippen LogP contribution is 2.20. The van der Waals surface area contributed by atoms with Crippen molar-refractivity contribution in [3.05, 3.63) is 90.3 Å². The lowest BCUT2D eigenvalue weighted by Crippen LogP contribution is -2.48. The Hall–Kier alpha value is -3.67. The maximum atomic E-state index is 12.6. The van der Waals surface area contributed by atoms with Crippen molar-refractivity contribution < 1.29 is 9.59 Å². The van der Waals surface area contributed by atoms with Gasteiger partial charge in [0.2, 0.25) is 0 Å². The van der Waals surface area contributed by atoms with Crippen LogP contribution in [0.25, 0.3) is 0 Å². The third kappa shape index (κ3) is 4.43. The van der Waals surface area contributed by atoms with E-state index in [4.69, 9.17) is 0 Å². The number of carbonyl (C=O) groups is 2. The molecule has 1 N–H and O–H groups in total. The van der Waals surface area contributed by atoms with Gasteiger partial charge in [0.1, 0.15) is 5.69 Å². The summed E-state index contributed by atoms with van der Waals surface area (Å²) in [6, 6.07) is 22.4. The molecule has 1 aliphatic heterocycles. The summed E-state index contributed by atoms with van der Waals surface area (Å²) in [7, 11) is 0. The predicted molar refractivity (Wildman–Crippen MR) is 113 cm³/mol. The van der Waals surface area contributed by atoms with E-state index in [2.05, 4.69) is 15.2 Å².